The standard InChI is InChI=1S/C23H30N4O3/c1-4-26(5-2)18-10-11-19(17(3)16-18)24-22(28)23(29)25-20-8-6-7-9-21(20)27-12-14-30-15-13-27/h6-11,16H,4-5,12-15H2,1-3H3,(H,24,28)(H,25,29). The Labute approximate surface area is 178 Å². The quantitative estimate of drug-likeness (QED) is 0.715. The Morgan fingerprint density at radius 1 is 0.967 bits per heavy atom. The summed E-state index contributed by atoms with van der Waals surface area (Å²) in [6.45, 7) is 10.7. The fourth-order valence-electron chi connectivity index (χ4n) is 3.59. The smallest absolute Gasteiger partial charge is 0.314 e. The summed E-state index contributed by atoms with van der Waals surface area (Å²) in [5.41, 5.74) is 4.15. The molecule has 0 radical (unpaired) electrons. The third kappa shape index (κ3) is 5.10. The summed E-state index contributed by atoms with van der Waals surface area (Å²) in [4.78, 5) is 29.5. The molecular weight excluding hydrogens is 380 g/mol. The van der Waals surface area contributed by atoms with Crippen molar-refractivity contribution in [1.82, 2.24) is 0 Å². The Kier molecular flexibility index (Phi) is 7.30. The van der Waals surface area contributed by atoms with E-state index in [0.717, 1.165) is 43.1 Å². The summed E-state index contributed by atoms with van der Waals surface area (Å²) in [5.74, 6) is -1.38. The Balaban J connectivity index is 1.68. The van der Waals surface area contributed by atoms with Crippen LogP contribution in [0.2, 0.25) is 0 Å². The van der Waals surface area contributed by atoms with Gasteiger partial charge in [-0.2, -0.15) is 0 Å². The van der Waals surface area contributed by atoms with Crippen LogP contribution in [-0.2, 0) is 14.3 Å². The Morgan fingerprint density at radius 2 is 1.60 bits per heavy atom. The van der Waals surface area contributed by atoms with Gasteiger partial charge in [0.15, 0.2) is 0 Å². The summed E-state index contributed by atoms with van der Waals surface area (Å²) in [6, 6.07) is 13.3. The van der Waals surface area contributed by atoms with Crippen LogP contribution in [0.25, 0.3) is 0 Å². The molecular formula is C23H30N4O3. The van der Waals surface area contributed by atoms with Gasteiger partial charge in [0.2, 0.25) is 0 Å². The van der Waals surface area contributed by atoms with Crippen LogP contribution in [-0.4, -0.2) is 51.2 Å². The molecule has 0 saturated carbocycles. The number of nitrogens with one attached hydrogen (secondary N) is 2. The first kappa shape index (κ1) is 21.6. The Morgan fingerprint density at radius 3 is 2.23 bits per heavy atom. The maximum Gasteiger partial charge on any atom is 0.314 e. The SMILES string of the molecule is CCN(CC)c1ccc(NC(=O)C(=O)Nc2ccccc2N2CCOCC2)c(C)c1. The molecule has 160 valence electrons. The highest BCUT2D eigenvalue weighted by atomic mass is 16.5. The first-order valence-electron chi connectivity index (χ1n) is 10.4. The molecule has 2 N–H and O–H groups in total. The second-order valence-electron chi connectivity index (χ2n) is 7.20. The van der Waals surface area contributed by atoms with Crippen LogP contribution >= 0.6 is 0 Å². The number of aryl methyl sites for hydroxylation is 1. The normalized spacial score (nSPS) is 13.6. The number of rotatable bonds is 6. The van der Waals surface area contributed by atoms with Crippen LogP contribution in [0.15, 0.2) is 42.5 Å². The van der Waals surface area contributed by atoms with Crippen LogP contribution in [0.5, 0.6) is 0 Å². The molecule has 0 spiro atoms. The number of carbonyl (C=O) groups excluding carboxylic acids is 2. The van der Waals surface area contributed by atoms with Gasteiger partial charge in [-0.1, -0.05) is 12.1 Å². The van der Waals surface area contributed by atoms with Crippen LogP contribution in [0.1, 0.15) is 19.4 Å². The minimum Gasteiger partial charge on any atom is -0.378 e. The van der Waals surface area contributed by atoms with Crippen molar-refractivity contribution in [2.75, 3.05) is 59.8 Å². The molecule has 7 nitrogen and oxygen atoms in total. The van der Waals surface area contributed by atoms with Crippen molar-refractivity contribution in [1.29, 1.82) is 0 Å². The topological polar surface area (TPSA) is 73.9 Å². The average Bonchev–Trinajstić information content (AvgIpc) is 2.77. The van der Waals surface area contributed by atoms with Gasteiger partial charge in [-0.05, 0) is 56.7 Å². The zero-order valence-electron chi connectivity index (χ0n) is 17.9. The van der Waals surface area contributed by atoms with Crippen molar-refractivity contribution >= 4 is 34.6 Å². The van der Waals surface area contributed by atoms with Gasteiger partial charge >= 0.3 is 11.8 Å². The molecule has 30 heavy (non-hydrogen) atoms. The number of amides is 2. The summed E-state index contributed by atoms with van der Waals surface area (Å²) >= 11 is 0. The van der Waals surface area contributed by atoms with E-state index < -0.39 is 11.8 Å². The molecule has 0 aliphatic carbocycles. The monoisotopic (exact) mass is 410 g/mol. The van der Waals surface area contributed by atoms with Gasteiger partial charge in [-0.25, -0.2) is 0 Å². The van der Waals surface area contributed by atoms with E-state index in [4.69, 9.17) is 4.74 Å². The molecule has 2 aromatic rings. The van der Waals surface area contributed by atoms with Crippen molar-refractivity contribution in [3.63, 3.8) is 0 Å². The molecule has 1 heterocycles. The molecule has 1 aliphatic rings. The lowest BCUT2D eigenvalue weighted by Gasteiger charge is -2.30. The number of benzene rings is 2. The van der Waals surface area contributed by atoms with Gasteiger partial charge < -0.3 is 25.2 Å². The first-order chi connectivity index (χ1) is 14.5. The summed E-state index contributed by atoms with van der Waals surface area (Å²) < 4.78 is 5.40. The number of morpholine rings is 1. The summed E-state index contributed by atoms with van der Waals surface area (Å²) in [7, 11) is 0. The molecule has 2 aromatic carbocycles. The zero-order valence-corrected chi connectivity index (χ0v) is 17.9. The predicted octanol–water partition coefficient (Wildman–Crippen LogP) is 3.26. The van der Waals surface area contributed by atoms with Crippen molar-refractivity contribution in [3.05, 3.63) is 48.0 Å². The van der Waals surface area contributed by atoms with E-state index in [2.05, 4.69) is 34.3 Å². The van der Waals surface area contributed by atoms with Gasteiger partial charge in [0.05, 0.1) is 24.6 Å². The van der Waals surface area contributed by atoms with Crippen LogP contribution in [0.3, 0.4) is 0 Å². The van der Waals surface area contributed by atoms with Crippen molar-refractivity contribution in [2.45, 2.75) is 20.8 Å². The minimum atomic E-state index is -0.692. The molecule has 7 heteroatoms. The van der Waals surface area contributed by atoms with Gasteiger partial charge in [0, 0.05) is 37.6 Å². The number of para-hydroxylation sites is 2. The van der Waals surface area contributed by atoms with Crippen molar-refractivity contribution < 1.29 is 14.3 Å². The lowest BCUT2D eigenvalue weighted by atomic mass is 10.1. The van der Waals surface area contributed by atoms with Crippen molar-refractivity contribution in [3.8, 4) is 0 Å². The third-order valence-electron chi connectivity index (χ3n) is 5.30. The van der Waals surface area contributed by atoms with Crippen molar-refractivity contribution in [2.24, 2.45) is 0 Å². The second-order valence-corrected chi connectivity index (χ2v) is 7.20. The molecule has 0 bridgehead atoms. The van der Waals surface area contributed by atoms with E-state index in [9.17, 15) is 9.59 Å². The number of ether oxygens (including phenoxy) is 1. The fraction of sp³-hybridized carbons (Fsp3) is 0.391. The average molecular weight is 411 g/mol. The number of hydrogen-bond acceptors (Lipinski definition) is 5. The zero-order chi connectivity index (χ0) is 21.5. The van der Waals surface area contributed by atoms with Gasteiger partial charge in [0.1, 0.15) is 0 Å². The lowest BCUT2D eigenvalue weighted by Crippen LogP contribution is -2.37. The van der Waals surface area contributed by atoms with E-state index in [1.165, 1.54) is 0 Å². The molecule has 0 atom stereocenters. The molecule has 2 amide bonds. The largest absolute Gasteiger partial charge is 0.378 e. The highest BCUT2D eigenvalue weighted by molar-refractivity contribution is 6.44. The number of nitrogens with zero attached hydrogens (tertiary/aromatic N) is 2. The van der Waals surface area contributed by atoms with E-state index in [-0.39, 0.29) is 0 Å². The Hall–Kier alpha value is -3.06. The van der Waals surface area contributed by atoms with Crippen LogP contribution in [0, 0.1) is 6.92 Å². The molecule has 1 aliphatic heterocycles. The first-order valence-corrected chi connectivity index (χ1v) is 10.4. The highest BCUT2D eigenvalue weighted by Gasteiger charge is 2.19. The summed E-state index contributed by atoms with van der Waals surface area (Å²) in [5, 5.41) is 5.48. The maximum absolute atomic E-state index is 12.6. The molecule has 0 unspecified atom stereocenters. The number of anilines is 4. The van der Waals surface area contributed by atoms with Gasteiger partial charge in [-0.3, -0.25) is 9.59 Å². The van der Waals surface area contributed by atoms with Gasteiger partial charge in [-0.15, -0.1) is 0 Å². The number of carbonyl (C=O) groups is 2. The van der Waals surface area contributed by atoms with Crippen LogP contribution < -0.4 is 20.4 Å². The molecule has 0 aromatic heterocycles. The lowest BCUT2D eigenvalue weighted by molar-refractivity contribution is -0.132. The second kappa shape index (κ2) is 10.1. The number of hydrogen-bond donors (Lipinski definition) is 2. The van der Waals surface area contributed by atoms with Gasteiger partial charge in [0.25, 0.3) is 0 Å². The molecule has 3 rings (SSSR count). The maximum atomic E-state index is 12.6. The third-order valence-corrected chi connectivity index (χ3v) is 5.30. The highest BCUT2D eigenvalue weighted by Crippen LogP contribution is 2.27. The van der Waals surface area contributed by atoms with E-state index in [1.807, 2.05) is 43.3 Å². The predicted molar refractivity (Wildman–Crippen MR) is 121 cm³/mol. The molecule has 1 saturated heterocycles. The summed E-state index contributed by atoms with van der Waals surface area (Å²) in [6.07, 6.45) is 0. The van der Waals surface area contributed by atoms with E-state index in [0.29, 0.717) is 24.6 Å². The van der Waals surface area contributed by atoms with E-state index in [1.54, 1.807) is 6.07 Å². The molecule has 1 fully saturated rings. The van der Waals surface area contributed by atoms with Crippen LogP contribution in [0.4, 0.5) is 22.7 Å². The fourth-order valence-corrected chi connectivity index (χ4v) is 3.59. The van der Waals surface area contributed by atoms with E-state index >= 15 is 0 Å². The minimum absolute atomic E-state index is 0.619. The Bertz CT molecular complexity index is 890.